The molecule has 0 aromatic heterocycles. The Hall–Kier alpha value is -0.0806. The van der Waals surface area contributed by atoms with E-state index in [1.54, 1.807) is 4.09 Å². The van der Waals surface area contributed by atoms with Crippen LogP contribution in [0.15, 0.2) is 83.0 Å². The van der Waals surface area contributed by atoms with Crippen molar-refractivity contribution in [2.75, 3.05) is 0 Å². The Balaban J connectivity index is 0.000000185. The quantitative estimate of drug-likeness (QED) is 0.390. The van der Waals surface area contributed by atoms with Gasteiger partial charge in [0.05, 0.1) is 8.15 Å². The van der Waals surface area contributed by atoms with E-state index in [0.717, 1.165) is 17.0 Å². The molecule has 0 amide bonds. The van der Waals surface area contributed by atoms with Crippen LogP contribution in [0.1, 0.15) is 6.42 Å². The molecule has 0 aliphatic heterocycles. The van der Waals surface area contributed by atoms with Gasteiger partial charge >= 0.3 is 76.7 Å². The molecule has 3 rings (SSSR count). The molecular weight excluding hydrogens is 627 g/mol. The summed E-state index contributed by atoms with van der Waals surface area (Å²) < 4.78 is 1.55. The molecule has 0 unspecified atom stereocenters. The van der Waals surface area contributed by atoms with E-state index >= 15 is 0 Å². The molecule has 0 radical (unpaired) electrons. The molecule has 0 saturated carbocycles. The third-order valence-electron chi connectivity index (χ3n) is 3.30. The van der Waals surface area contributed by atoms with Crippen molar-refractivity contribution >= 4 is 45.7 Å². The second kappa shape index (κ2) is 8.53. The molecule has 1 N–H and O–H groups in total. The average molecular weight is 649 g/mol. The molecule has 24 heavy (non-hydrogen) atoms. The van der Waals surface area contributed by atoms with E-state index in [2.05, 4.69) is 56.1 Å². The molecule has 0 saturated heterocycles. The first kappa shape index (κ1) is 20.2. The van der Waals surface area contributed by atoms with Crippen molar-refractivity contribution in [1.82, 2.24) is 0 Å². The first-order valence-electron chi connectivity index (χ1n) is 7.27. The summed E-state index contributed by atoms with van der Waals surface area (Å²) in [4.78, 5) is 10.1. The van der Waals surface area contributed by atoms with Gasteiger partial charge in [0.25, 0.3) is 0 Å². The van der Waals surface area contributed by atoms with Crippen molar-refractivity contribution in [1.29, 1.82) is 0 Å². The molecule has 5 heteroatoms. The summed E-state index contributed by atoms with van der Waals surface area (Å²) in [5, 5.41) is 1.99. The molecule has 0 spiro atoms. The van der Waals surface area contributed by atoms with Gasteiger partial charge in [-0.25, -0.2) is 0 Å². The number of hydrogen-bond donors (Lipinski definition) is 1. The Labute approximate surface area is 160 Å². The third kappa shape index (κ3) is 6.33. The monoisotopic (exact) mass is 648 g/mol. The molecule has 1 aliphatic carbocycles. The average Bonchev–Trinajstić information content (AvgIpc) is 3.11. The second-order valence-corrected chi connectivity index (χ2v) is 50.2. The Morgan fingerprint density at radius 3 is 1.62 bits per heavy atom. The maximum atomic E-state index is 10.1. The van der Waals surface area contributed by atoms with Crippen LogP contribution in [0.2, 0.25) is 10.9 Å². The minimum atomic E-state index is -2.39. The van der Waals surface area contributed by atoms with Gasteiger partial charge in [-0.3, -0.25) is 0 Å². The van der Waals surface area contributed by atoms with Crippen molar-refractivity contribution in [3.05, 3.63) is 83.0 Å². The Kier molecular flexibility index (Phi) is 7.20. The van der Waals surface area contributed by atoms with Crippen LogP contribution in [0.5, 0.6) is 0 Å². The van der Waals surface area contributed by atoms with Crippen LogP contribution >= 0.6 is 35.1 Å². The van der Waals surface area contributed by atoms with Crippen LogP contribution in [0.25, 0.3) is 0 Å². The van der Waals surface area contributed by atoms with Crippen molar-refractivity contribution in [3.63, 3.8) is 0 Å². The van der Waals surface area contributed by atoms with E-state index in [1.807, 2.05) is 60.7 Å². The van der Waals surface area contributed by atoms with Crippen LogP contribution in [0.3, 0.4) is 0 Å². The van der Waals surface area contributed by atoms with Gasteiger partial charge in [-0.05, 0) is 0 Å². The Morgan fingerprint density at radius 2 is 1.33 bits per heavy atom. The zero-order valence-electron chi connectivity index (χ0n) is 13.7. The number of hydrogen-bond acceptors (Lipinski definition) is 1. The summed E-state index contributed by atoms with van der Waals surface area (Å²) in [5.41, 5.74) is 4.60. The van der Waals surface area contributed by atoms with E-state index in [4.69, 9.17) is 0 Å². The summed E-state index contributed by atoms with van der Waals surface area (Å²) in [6, 6.07) is 19.5. The molecule has 0 heterocycles. The zero-order chi connectivity index (χ0) is 17.7. The molecule has 0 bridgehead atoms. The topological polar surface area (TPSA) is 20.2 Å². The predicted molar refractivity (Wildman–Crippen MR) is 113 cm³/mol. The molecule has 1 aliphatic rings. The summed E-state index contributed by atoms with van der Waals surface area (Å²) in [6.45, 7) is 0. The fraction of sp³-hybridized carbons (Fsp3) is 0.158. The Bertz CT molecular complexity index is 673. The van der Waals surface area contributed by atoms with Gasteiger partial charge in [0.15, 0.2) is 0 Å². The van der Waals surface area contributed by atoms with Gasteiger partial charge in [0, 0.05) is 10.6 Å². The van der Waals surface area contributed by atoms with Gasteiger partial charge in [-0.2, -0.15) is 0 Å². The molecular formula is C19H22Br2IrOP. The normalized spacial score (nSPS) is 15.2. The van der Waals surface area contributed by atoms with Crippen LogP contribution in [-0.2, 0) is 10.1 Å². The molecule has 2 aromatic carbocycles. The molecule has 0 fully saturated rings. The predicted octanol–water partition coefficient (Wildman–Crippen LogP) is 6.26. The van der Waals surface area contributed by atoms with Crippen molar-refractivity contribution < 1.29 is 15.0 Å². The number of allylic oxidation sites excluding steroid dienone is 4. The first-order valence-corrected chi connectivity index (χ1v) is 25.0. The third-order valence-corrected chi connectivity index (χ3v) is 15.6. The Morgan fingerprint density at radius 1 is 0.875 bits per heavy atom. The van der Waals surface area contributed by atoms with Gasteiger partial charge in [0.2, 0.25) is 0 Å². The number of rotatable bonds is 3. The summed E-state index contributed by atoms with van der Waals surface area (Å²) in [5.74, 6) is 0. The molecule has 2 aromatic rings. The number of benzene rings is 2. The van der Waals surface area contributed by atoms with E-state index in [0.29, 0.717) is 0 Å². The van der Waals surface area contributed by atoms with Crippen molar-refractivity contribution in [2.24, 2.45) is 0 Å². The summed E-state index contributed by atoms with van der Waals surface area (Å²) >= 11 is 7.62. The maximum absolute atomic E-state index is 10.1. The molecule has 1 nitrogen and oxygen atoms in total. The van der Waals surface area contributed by atoms with Crippen molar-refractivity contribution in [3.8, 4) is 0 Å². The summed E-state index contributed by atoms with van der Waals surface area (Å²) in [7, 11) is -3.56. The molecule has 0 atom stereocenters. The van der Waals surface area contributed by atoms with E-state index in [1.165, 1.54) is 0 Å². The van der Waals surface area contributed by atoms with Crippen LogP contribution in [0, 0.1) is 0 Å². The molecule has 132 valence electrons. The van der Waals surface area contributed by atoms with Gasteiger partial charge in [-0.15, -0.1) is 0 Å². The van der Waals surface area contributed by atoms with Crippen LogP contribution in [-0.4, -0.2) is 4.89 Å². The first-order chi connectivity index (χ1) is 11.2. The van der Waals surface area contributed by atoms with E-state index in [9.17, 15) is 4.89 Å². The minimum absolute atomic E-state index is 0.994. The van der Waals surface area contributed by atoms with E-state index in [-0.39, 0.29) is 0 Å². The zero-order valence-corrected chi connectivity index (χ0v) is 20.2. The summed E-state index contributed by atoms with van der Waals surface area (Å²) in [6.07, 6.45) is 7.68. The van der Waals surface area contributed by atoms with Gasteiger partial charge < -0.3 is 4.89 Å². The fourth-order valence-corrected chi connectivity index (χ4v) is 9.42. The van der Waals surface area contributed by atoms with E-state index < -0.39 is 18.2 Å². The van der Waals surface area contributed by atoms with Crippen LogP contribution < -0.4 is 10.6 Å². The van der Waals surface area contributed by atoms with Crippen molar-refractivity contribution in [2.45, 2.75) is 17.3 Å². The van der Waals surface area contributed by atoms with Crippen LogP contribution in [0.4, 0.5) is 0 Å². The standard InChI is InChI=1S/C12H11OP.C5H5.2CH3.2BrH.Ir/c13-14(11-7-3-1-4-8-11)12-9-5-2-6-10-12;1-2-4-5-3-1;;;;;/h1-10,13H;1-3H,4H2;2*1H3;2*1H;/q;;;;;;+2/p-2. The van der Waals surface area contributed by atoms with Gasteiger partial charge in [-0.1, -0.05) is 60.7 Å². The fourth-order valence-electron chi connectivity index (χ4n) is 2.04. The number of halogens is 2. The van der Waals surface area contributed by atoms with Gasteiger partial charge in [0.1, 0.15) is 0 Å². The SMILES string of the molecule is OP(c1ccccc1)c1ccccc1.[CH3][Ir]([CH3])([Br])([Br])[C]1=CC=CC1. The second-order valence-electron chi connectivity index (χ2n) is 5.54.